The van der Waals surface area contributed by atoms with Crippen molar-refractivity contribution in [3.8, 4) is 11.5 Å². The number of aryl methyl sites for hydroxylation is 1. The highest BCUT2D eigenvalue weighted by atomic mass is 16.5. The average Bonchev–Trinajstić information content (AvgIpc) is 2.57. The number of aromatic amines is 1. The highest BCUT2D eigenvalue weighted by Crippen LogP contribution is 2.11. The third-order valence-electron chi connectivity index (χ3n) is 3.45. The molecule has 2 aromatic rings. The van der Waals surface area contributed by atoms with E-state index in [1.165, 1.54) is 0 Å². The minimum atomic E-state index is -0.323. The Balaban J connectivity index is 2.12. The van der Waals surface area contributed by atoms with Crippen molar-refractivity contribution < 1.29 is 9.53 Å². The Labute approximate surface area is 140 Å². The van der Waals surface area contributed by atoms with E-state index in [4.69, 9.17) is 4.74 Å². The SMILES string of the molecule is CCOCC(C)NC(=O)Cc1c(C)nc(-c2ccccn2)[nH]c1=O. The Hall–Kier alpha value is -2.54. The maximum atomic E-state index is 12.3. The lowest BCUT2D eigenvalue weighted by Gasteiger charge is -2.14. The van der Waals surface area contributed by atoms with Crippen LogP contribution in [0.1, 0.15) is 25.1 Å². The molecule has 0 aliphatic carbocycles. The molecule has 0 fully saturated rings. The first-order chi connectivity index (χ1) is 11.5. The van der Waals surface area contributed by atoms with Crippen LogP contribution in [0.25, 0.3) is 11.5 Å². The summed E-state index contributed by atoms with van der Waals surface area (Å²) >= 11 is 0. The van der Waals surface area contributed by atoms with Crippen molar-refractivity contribution >= 4 is 5.91 Å². The molecule has 0 spiro atoms. The maximum Gasteiger partial charge on any atom is 0.255 e. The van der Waals surface area contributed by atoms with Gasteiger partial charge in [0.1, 0.15) is 5.69 Å². The van der Waals surface area contributed by atoms with Gasteiger partial charge in [-0.15, -0.1) is 0 Å². The van der Waals surface area contributed by atoms with E-state index in [1.807, 2.05) is 19.9 Å². The number of H-pyrrole nitrogens is 1. The van der Waals surface area contributed by atoms with Gasteiger partial charge >= 0.3 is 0 Å². The minimum Gasteiger partial charge on any atom is -0.380 e. The molecular weight excluding hydrogens is 308 g/mol. The highest BCUT2D eigenvalue weighted by Gasteiger charge is 2.15. The summed E-state index contributed by atoms with van der Waals surface area (Å²) in [4.78, 5) is 35.6. The summed E-state index contributed by atoms with van der Waals surface area (Å²) in [6, 6.07) is 5.26. The quantitative estimate of drug-likeness (QED) is 0.796. The van der Waals surface area contributed by atoms with Gasteiger partial charge in [0.2, 0.25) is 5.91 Å². The number of aromatic nitrogens is 3. The van der Waals surface area contributed by atoms with Crippen LogP contribution in [0.2, 0.25) is 0 Å². The smallest absolute Gasteiger partial charge is 0.255 e. The van der Waals surface area contributed by atoms with Crippen molar-refractivity contribution in [1.29, 1.82) is 0 Å². The summed E-state index contributed by atoms with van der Waals surface area (Å²) in [7, 11) is 0. The molecule has 0 saturated carbocycles. The first-order valence-corrected chi connectivity index (χ1v) is 7.89. The summed E-state index contributed by atoms with van der Waals surface area (Å²) in [5.74, 6) is 0.162. The molecule has 0 aliphatic rings. The minimum absolute atomic E-state index is 0.0207. The van der Waals surface area contributed by atoms with Crippen molar-refractivity contribution in [2.45, 2.75) is 33.2 Å². The lowest BCUT2D eigenvalue weighted by Crippen LogP contribution is -2.38. The number of nitrogens with one attached hydrogen (secondary N) is 2. The van der Waals surface area contributed by atoms with Crippen LogP contribution in [-0.4, -0.2) is 40.1 Å². The van der Waals surface area contributed by atoms with E-state index in [-0.39, 0.29) is 23.9 Å². The van der Waals surface area contributed by atoms with Crippen molar-refractivity contribution in [2.24, 2.45) is 0 Å². The summed E-state index contributed by atoms with van der Waals surface area (Å²) < 4.78 is 5.26. The van der Waals surface area contributed by atoms with Gasteiger partial charge in [0, 0.05) is 30.1 Å². The maximum absolute atomic E-state index is 12.3. The molecule has 0 aliphatic heterocycles. The Morgan fingerprint density at radius 2 is 2.21 bits per heavy atom. The molecule has 0 radical (unpaired) electrons. The van der Waals surface area contributed by atoms with E-state index in [0.717, 1.165) is 0 Å². The summed E-state index contributed by atoms with van der Waals surface area (Å²) in [6.45, 7) is 6.50. The van der Waals surface area contributed by atoms with E-state index in [9.17, 15) is 9.59 Å². The number of nitrogens with zero attached hydrogens (tertiary/aromatic N) is 2. The van der Waals surface area contributed by atoms with Crippen molar-refractivity contribution in [3.63, 3.8) is 0 Å². The molecule has 2 N–H and O–H groups in total. The Morgan fingerprint density at radius 1 is 1.42 bits per heavy atom. The van der Waals surface area contributed by atoms with Crippen LogP contribution >= 0.6 is 0 Å². The van der Waals surface area contributed by atoms with Crippen LogP contribution in [0.15, 0.2) is 29.2 Å². The predicted molar refractivity (Wildman–Crippen MR) is 90.6 cm³/mol. The number of amides is 1. The Kier molecular flexibility index (Phi) is 6.20. The first kappa shape index (κ1) is 17.8. The van der Waals surface area contributed by atoms with E-state index in [0.29, 0.717) is 36.0 Å². The topological polar surface area (TPSA) is 97.0 Å². The molecule has 7 heteroatoms. The van der Waals surface area contributed by atoms with Gasteiger partial charge in [-0.25, -0.2) is 4.98 Å². The van der Waals surface area contributed by atoms with E-state index < -0.39 is 0 Å². The highest BCUT2D eigenvalue weighted by molar-refractivity contribution is 5.79. The van der Waals surface area contributed by atoms with Crippen molar-refractivity contribution in [1.82, 2.24) is 20.3 Å². The first-order valence-electron chi connectivity index (χ1n) is 7.89. The second-order valence-corrected chi connectivity index (χ2v) is 5.50. The second-order valence-electron chi connectivity index (χ2n) is 5.50. The number of carbonyl (C=O) groups is 1. The fourth-order valence-corrected chi connectivity index (χ4v) is 2.27. The van der Waals surface area contributed by atoms with Gasteiger partial charge in [0.15, 0.2) is 5.82 Å². The molecule has 24 heavy (non-hydrogen) atoms. The van der Waals surface area contributed by atoms with Gasteiger partial charge in [-0.05, 0) is 32.9 Å². The van der Waals surface area contributed by atoms with Crippen LogP contribution < -0.4 is 10.9 Å². The standard InChI is InChI=1S/C17H22N4O3/c1-4-24-10-11(2)19-15(22)9-13-12(3)20-16(21-17(13)23)14-7-5-6-8-18-14/h5-8,11H,4,9-10H2,1-3H3,(H,19,22)(H,20,21,23). The third-order valence-corrected chi connectivity index (χ3v) is 3.45. The monoisotopic (exact) mass is 330 g/mol. The molecule has 1 unspecified atom stereocenters. The van der Waals surface area contributed by atoms with Crippen LogP contribution in [0.4, 0.5) is 0 Å². The Bertz CT molecular complexity index is 743. The number of pyridine rings is 1. The fraction of sp³-hybridized carbons (Fsp3) is 0.412. The van der Waals surface area contributed by atoms with E-state index in [2.05, 4.69) is 20.3 Å². The number of carbonyl (C=O) groups excluding carboxylic acids is 1. The molecule has 0 saturated heterocycles. The average molecular weight is 330 g/mol. The van der Waals surface area contributed by atoms with Crippen molar-refractivity contribution in [2.75, 3.05) is 13.2 Å². The molecule has 128 valence electrons. The molecule has 1 amide bonds. The number of ether oxygens (including phenoxy) is 1. The summed E-state index contributed by atoms with van der Waals surface area (Å²) in [5.41, 5.74) is 1.14. The number of rotatable bonds is 7. The third kappa shape index (κ3) is 4.73. The molecule has 1 atom stereocenters. The molecule has 7 nitrogen and oxygen atoms in total. The van der Waals surface area contributed by atoms with E-state index in [1.54, 1.807) is 25.3 Å². The van der Waals surface area contributed by atoms with Gasteiger partial charge in [-0.3, -0.25) is 14.6 Å². The molecule has 0 bridgehead atoms. The fourth-order valence-electron chi connectivity index (χ4n) is 2.27. The van der Waals surface area contributed by atoms with Gasteiger partial charge in [-0.1, -0.05) is 6.07 Å². The predicted octanol–water partition coefficient (Wildman–Crippen LogP) is 1.22. The molecule has 0 aromatic carbocycles. The zero-order valence-corrected chi connectivity index (χ0v) is 14.1. The van der Waals surface area contributed by atoms with Crippen LogP contribution in [0, 0.1) is 6.92 Å². The molecule has 2 heterocycles. The van der Waals surface area contributed by atoms with Crippen LogP contribution in [0.3, 0.4) is 0 Å². The van der Waals surface area contributed by atoms with Gasteiger partial charge in [-0.2, -0.15) is 0 Å². The normalized spacial score (nSPS) is 12.0. The van der Waals surface area contributed by atoms with Crippen molar-refractivity contribution in [3.05, 3.63) is 46.0 Å². The number of hydrogen-bond acceptors (Lipinski definition) is 5. The van der Waals surface area contributed by atoms with Gasteiger partial charge < -0.3 is 15.0 Å². The van der Waals surface area contributed by atoms with Gasteiger partial charge in [0.05, 0.1) is 13.0 Å². The molecular formula is C17H22N4O3. The number of hydrogen-bond donors (Lipinski definition) is 2. The zero-order chi connectivity index (χ0) is 17.5. The second kappa shape index (κ2) is 8.35. The van der Waals surface area contributed by atoms with E-state index >= 15 is 0 Å². The van der Waals surface area contributed by atoms with Crippen LogP contribution in [0.5, 0.6) is 0 Å². The lowest BCUT2D eigenvalue weighted by molar-refractivity contribution is -0.121. The summed E-state index contributed by atoms with van der Waals surface area (Å²) in [6.07, 6.45) is 1.61. The molecule has 2 rings (SSSR count). The summed E-state index contributed by atoms with van der Waals surface area (Å²) in [5, 5.41) is 2.81. The Morgan fingerprint density at radius 3 is 2.83 bits per heavy atom. The largest absolute Gasteiger partial charge is 0.380 e. The van der Waals surface area contributed by atoms with Gasteiger partial charge in [0.25, 0.3) is 5.56 Å². The zero-order valence-electron chi connectivity index (χ0n) is 14.1. The van der Waals surface area contributed by atoms with Crippen LogP contribution in [-0.2, 0) is 16.0 Å². The molecule has 2 aromatic heterocycles. The lowest BCUT2D eigenvalue weighted by atomic mass is 10.1.